The predicted octanol–water partition coefficient (Wildman–Crippen LogP) is 4.04. The largest absolute Gasteiger partial charge is 0.267 e. The van der Waals surface area contributed by atoms with Gasteiger partial charge in [0.05, 0.1) is 11.1 Å². The molecule has 2 nitrogen and oxygen atoms in total. The van der Waals surface area contributed by atoms with E-state index in [1.807, 2.05) is 6.20 Å². The van der Waals surface area contributed by atoms with Gasteiger partial charge in [0.15, 0.2) is 0 Å². The Hall–Kier alpha value is 0.230. The van der Waals surface area contributed by atoms with Gasteiger partial charge in [-0.15, -0.1) is 0 Å². The van der Waals surface area contributed by atoms with Crippen molar-refractivity contribution < 1.29 is 0 Å². The summed E-state index contributed by atoms with van der Waals surface area (Å²) in [4.78, 5) is 0. The molecule has 0 radical (unpaired) electrons. The Morgan fingerprint density at radius 1 is 1.29 bits per heavy atom. The van der Waals surface area contributed by atoms with E-state index in [0.29, 0.717) is 6.04 Å². The third-order valence-corrected chi connectivity index (χ3v) is 4.24. The first-order valence-electron chi connectivity index (χ1n) is 5.17. The molecule has 0 N–H and O–H groups in total. The summed E-state index contributed by atoms with van der Waals surface area (Å²) in [5.74, 6) is 0. The first-order valence-corrected chi connectivity index (χ1v) is 6.63. The van der Waals surface area contributed by atoms with Crippen LogP contribution in [0.15, 0.2) is 6.20 Å². The van der Waals surface area contributed by atoms with Crippen LogP contribution in [0.1, 0.15) is 44.6 Å². The van der Waals surface area contributed by atoms with E-state index in [1.54, 1.807) is 0 Å². The zero-order valence-corrected chi connectivity index (χ0v) is 11.0. The molecular weight excluding hydrogens is 310 g/mol. The highest BCUT2D eigenvalue weighted by atomic mass is 127. The van der Waals surface area contributed by atoms with Gasteiger partial charge in [-0.05, 0) is 35.4 Å². The molecule has 0 saturated heterocycles. The van der Waals surface area contributed by atoms with Crippen LogP contribution in [0.5, 0.6) is 0 Å². The van der Waals surface area contributed by atoms with Gasteiger partial charge in [0.2, 0.25) is 0 Å². The maximum atomic E-state index is 6.00. The van der Waals surface area contributed by atoms with Crippen LogP contribution in [0.4, 0.5) is 0 Å². The summed E-state index contributed by atoms with van der Waals surface area (Å²) in [6.07, 6.45) is 9.91. The third-order valence-electron chi connectivity index (χ3n) is 2.84. The van der Waals surface area contributed by atoms with Crippen LogP contribution < -0.4 is 0 Å². The fourth-order valence-electron chi connectivity index (χ4n) is 2.06. The van der Waals surface area contributed by atoms with Crippen LogP contribution in [0.3, 0.4) is 0 Å². The Labute approximate surface area is 103 Å². The molecule has 1 aromatic rings. The van der Waals surface area contributed by atoms with Gasteiger partial charge in [-0.3, -0.25) is 4.68 Å². The minimum absolute atomic E-state index is 0.582. The number of nitrogens with zero attached hydrogens (tertiary/aromatic N) is 2. The quantitative estimate of drug-likeness (QED) is 0.563. The summed E-state index contributed by atoms with van der Waals surface area (Å²) >= 11 is 8.19. The second-order valence-electron chi connectivity index (χ2n) is 3.89. The fourth-order valence-corrected chi connectivity index (χ4v) is 2.58. The van der Waals surface area contributed by atoms with Gasteiger partial charge in [0, 0.05) is 6.20 Å². The lowest BCUT2D eigenvalue weighted by atomic mass is 10.1. The Balaban J connectivity index is 2.12. The average molecular weight is 325 g/mol. The van der Waals surface area contributed by atoms with Crippen molar-refractivity contribution in [3.8, 4) is 0 Å². The van der Waals surface area contributed by atoms with Crippen LogP contribution in [-0.2, 0) is 0 Å². The Bertz CT molecular complexity index is 284. The van der Waals surface area contributed by atoms with Gasteiger partial charge in [0.1, 0.15) is 3.70 Å². The summed E-state index contributed by atoms with van der Waals surface area (Å²) < 4.78 is 2.99. The lowest BCUT2D eigenvalue weighted by Crippen LogP contribution is -2.08. The van der Waals surface area contributed by atoms with Crippen LogP contribution >= 0.6 is 34.2 Å². The van der Waals surface area contributed by atoms with E-state index in [9.17, 15) is 0 Å². The highest BCUT2D eigenvalue weighted by Gasteiger charge is 2.16. The van der Waals surface area contributed by atoms with E-state index < -0.39 is 0 Å². The maximum absolute atomic E-state index is 6.00. The zero-order valence-electron chi connectivity index (χ0n) is 8.05. The molecule has 78 valence electrons. The highest BCUT2D eigenvalue weighted by Crippen LogP contribution is 2.28. The molecule has 0 bridgehead atoms. The fraction of sp³-hybridized carbons (Fsp3) is 0.700. The minimum atomic E-state index is 0.582. The van der Waals surface area contributed by atoms with Gasteiger partial charge >= 0.3 is 0 Å². The lowest BCUT2D eigenvalue weighted by molar-refractivity contribution is 0.404. The van der Waals surface area contributed by atoms with Crippen LogP contribution in [0.2, 0.25) is 5.02 Å². The molecule has 1 heterocycles. The summed E-state index contributed by atoms with van der Waals surface area (Å²) in [5, 5.41) is 5.23. The molecule has 1 fully saturated rings. The van der Waals surface area contributed by atoms with Crippen LogP contribution in [-0.4, -0.2) is 9.78 Å². The first kappa shape index (κ1) is 10.7. The number of hydrogen-bond acceptors (Lipinski definition) is 1. The summed E-state index contributed by atoms with van der Waals surface area (Å²) in [5.41, 5.74) is 0. The second-order valence-corrected chi connectivity index (χ2v) is 5.32. The molecule has 1 saturated carbocycles. The van der Waals surface area contributed by atoms with E-state index >= 15 is 0 Å². The maximum Gasteiger partial charge on any atom is 0.141 e. The molecule has 0 unspecified atom stereocenters. The summed E-state index contributed by atoms with van der Waals surface area (Å²) in [6, 6.07) is 0.582. The molecule has 4 heteroatoms. The monoisotopic (exact) mass is 324 g/mol. The molecule has 0 atom stereocenters. The SMILES string of the molecule is Clc1cn(C2CCCCCC2)nc1I. The van der Waals surface area contributed by atoms with Crippen molar-refractivity contribution in [3.63, 3.8) is 0 Å². The van der Waals surface area contributed by atoms with Crippen molar-refractivity contribution in [2.24, 2.45) is 0 Å². The second kappa shape index (κ2) is 4.84. The van der Waals surface area contributed by atoms with Crippen molar-refractivity contribution >= 4 is 34.2 Å². The Kier molecular flexibility index (Phi) is 3.71. The molecule has 0 spiro atoms. The predicted molar refractivity (Wildman–Crippen MR) is 66.7 cm³/mol. The van der Waals surface area contributed by atoms with E-state index in [1.165, 1.54) is 38.5 Å². The number of halogens is 2. The van der Waals surface area contributed by atoms with Gasteiger partial charge in [-0.1, -0.05) is 37.3 Å². The van der Waals surface area contributed by atoms with Crippen LogP contribution in [0, 0.1) is 3.70 Å². The van der Waals surface area contributed by atoms with Gasteiger partial charge < -0.3 is 0 Å². The minimum Gasteiger partial charge on any atom is -0.267 e. The van der Waals surface area contributed by atoms with Crippen molar-refractivity contribution in [2.45, 2.75) is 44.6 Å². The zero-order chi connectivity index (χ0) is 9.97. The lowest BCUT2D eigenvalue weighted by Gasteiger charge is -2.13. The first-order chi connectivity index (χ1) is 6.77. The van der Waals surface area contributed by atoms with Crippen molar-refractivity contribution in [1.29, 1.82) is 0 Å². The smallest absolute Gasteiger partial charge is 0.141 e. The number of rotatable bonds is 1. The van der Waals surface area contributed by atoms with E-state index in [0.717, 1.165) is 8.72 Å². The molecule has 1 aromatic heterocycles. The van der Waals surface area contributed by atoms with Crippen molar-refractivity contribution in [3.05, 3.63) is 14.9 Å². The molecule has 0 amide bonds. The standard InChI is InChI=1S/C10H14ClIN2/c11-9-7-14(13-10(9)12)8-5-3-1-2-4-6-8/h7-8H,1-6H2. The summed E-state index contributed by atoms with van der Waals surface area (Å²) in [6.45, 7) is 0. The molecular formula is C10H14ClIN2. The van der Waals surface area contributed by atoms with Gasteiger partial charge in [-0.25, -0.2) is 0 Å². The Morgan fingerprint density at radius 2 is 1.93 bits per heavy atom. The highest BCUT2D eigenvalue weighted by molar-refractivity contribution is 14.1. The topological polar surface area (TPSA) is 17.8 Å². The molecule has 0 aliphatic heterocycles. The normalized spacial score (nSPS) is 19.6. The molecule has 1 aliphatic carbocycles. The molecule has 14 heavy (non-hydrogen) atoms. The molecule has 0 aromatic carbocycles. The van der Waals surface area contributed by atoms with Gasteiger partial charge in [-0.2, -0.15) is 5.10 Å². The third kappa shape index (κ3) is 2.42. The number of aromatic nitrogens is 2. The molecule has 2 rings (SSSR count). The van der Waals surface area contributed by atoms with Crippen molar-refractivity contribution in [1.82, 2.24) is 9.78 Å². The summed E-state index contributed by atoms with van der Waals surface area (Å²) in [7, 11) is 0. The Morgan fingerprint density at radius 3 is 2.43 bits per heavy atom. The van der Waals surface area contributed by atoms with Gasteiger partial charge in [0.25, 0.3) is 0 Å². The van der Waals surface area contributed by atoms with E-state index in [4.69, 9.17) is 11.6 Å². The van der Waals surface area contributed by atoms with Crippen LogP contribution in [0.25, 0.3) is 0 Å². The van der Waals surface area contributed by atoms with E-state index in [2.05, 4.69) is 32.4 Å². The van der Waals surface area contributed by atoms with Crippen molar-refractivity contribution in [2.75, 3.05) is 0 Å². The molecule has 1 aliphatic rings. The van der Waals surface area contributed by atoms with E-state index in [-0.39, 0.29) is 0 Å². The average Bonchev–Trinajstić information content (AvgIpc) is 2.46. The number of hydrogen-bond donors (Lipinski definition) is 0.